The van der Waals surface area contributed by atoms with Crippen LogP contribution in [-0.4, -0.2) is 40.0 Å². The minimum Gasteiger partial charge on any atom is -0.379 e. The summed E-state index contributed by atoms with van der Waals surface area (Å²) in [5, 5.41) is 15.2. The van der Waals surface area contributed by atoms with Gasteiger partial charge >= 0.3 is 0 Å². The third kappa shape index (κ3) is 5.10. The van der Waals surface area contributed by atoms with E-state index in [1.807, 2.05) is 4.68 Å². The largest absolute Gasteiger partial charge is 0.379 e. The summed E-state index contributed by atoms with van der Waals surface area (Å²) in [6, 6.07) is 0.171. The van der Waals surface area contributed by atoms with E-state index in [0.717, 1.165) is 25.4 Å². The molecule has 0 fully saturated rings. The predicted octanol–water partition coefficient (Wildman–Crippen LogP) is 1.41. The molecule has 6 heteroatoms. The first kappa shape index (κ1) is 15.0. The number of hydrogen-bond acceptors (Lipinski definition) is 5. The molecule has 1 aromatic heterocycles. The lowest BCUT2D eigenvalue weighted by Crippen LogP contribution is -2.24. The van der Waals surface area contributed by atoms with Crippen molar-refractivity contribution < 1.29 is 4.74 Å². The lowest BCUT2D eigenvalue weighted by molar-refractivity contribution is 0.0997. The fourth-order valence-electron chi connectivity index (χ4n) is 1.60. The maximum absolute atomic E-state index is 5.55. The zero-order valence-corrected chi connectivity index (χ0v) is 11.9. The Bertz CT molecular complexity index is 326. The van der Waals surface area contributed by atoms with Crippen LogP contribution in [0.3, 0.4) is 0 Å². The van der Waals surface area contributed by atoms with Crippen molar-refractivity contribution >= 4 is 0 Å². The van der Waals surface area contributed by atoms with Crippen LogP contribution < -0.4 is 5.32 Å². The molecular formula is C12H25N5O. The SMILES string of the molecule is CCCNC(C)c1nnnn1CCOCC(C)C. The van der Waals surface area contributed by atoms with Crippen molar-refractivity contribution in [1.82, 2.24) is 25.5 Å². The van der Waals surface area contributed by atoms with Crippen LogP contribution in [-0.2, 0) is 11.3 Å². The molecule has 18 heavy (non-hydrogen) atoms. The van der Waals surface area contributed by atoms with Crippen LogP contribution in [0.5, 0.6) is 0 Å². The fourth-order valence-corrected chi connectivity index (χ4v) is 1.60. The lowest BCUT2D eigenvalue weighted by atomic mass is 10.2. The first-order chi connectivity index (χ1) is 8.65. The molecule has 0 aliphatic heterocycles. The Labute approximate surface area is 109 Å². The van der Waals surface area contributed by atoms with Gasteiger partial charge in [0.15, 0.2) is 5.82 Å². The highest BCUT2D eigenvalue weighted by atomic mass is 16.5. The molecule has 1 heterocycles. The Hall–Kier alpha value is -1.01. The number of nitrogens with zero attached hydrogens (tertiary/aromatic N) is 4. The van der Waals surface area contributed by atoms with Gasteiger partial charge in [-0.15, -0.1) is 5.10 Å². The molecule has 0 spiro atoms. The number of hydrogen-bond donors (Lipinski definition) is 1. The zero-order valence-electron chi connectivity index (χ0n) is 11.9. The average Bonchev–Trinajstić information content (AvgIpc) is 2.79. The van der Waals surface area contributed by atoms with Crippen molar-refractivity contribution in [1.29, 1.82) is 0 Å². The molecule has 1 aromatic rings. The predicted molar refractivity (Wildman–Crippen MR) is 70.2 cm³/mol. The summed E-state index contributed by atoms with van der Waals surface area (Å²) >= 11 is 0. The summed E-state index contributed by atoms with van der Waals surface area (Å²) in [5.41, 5.74) is 0. The maximum Gasteiger partial charge on any atom is 0.168 e. The Morgan fingerprint density at radius 3 is 2.78 bits per heavy atom. The van der Waals surface area contributed by atoms with E-state index in [4.69, 9.17) is 4.74 Å². The molecule has 1 N–H and O–H groups in total. The number of nitrogens with one attached hydrogen (secondary N) is 1. The van der Waals surface area contributed by atoms with Crippen LogP contribution in [0.1, 0.15) is 46.0 Å². The van der Waals surface area contributed by atoms with Gasteiger partial charge in [-0.05, 0) is 36.2 Å². The summed E-state index contributed by atoms with van der Waals surface area (Å²) in [5.74, 6) is 1.43. The number of rotatable bonds is 9. The molecule has 0 radical (unpaired) electrons. The van der Waals surface area contributed by atoms with Gasteiger partial charge in [0.05, 0.1) is 19.2 Å². The highest BCUT2D eigenvalue weighted by molar-refractivity contribution is 4.89. The Morgan fingerprint density at radius 1 is 1.33 bits per heavy atom. The van der Waals surface area contributed by atoms with Crippen LogP contribution in [0, 0.1) is 5.92 Å². The summed E-state index contributed by atoms with van der Waals surface area (Å²) in [6.07, 6.45) is 1.10. The van der Waals surface area contributed by atoms with E-state index >= 15 is 0 Å². The van der Waals surface area contributed by atoms with Crippen LogP contribution in [0.25, 0.3) is 0 Å². The minimum absolute atomic E-state index is 0.171. The van der Waals surface area contributed by atoms with Crippen molar-refractivity contribution in [3.8, 4) is 0 Å². The smallest absolute Gasteiger partial charge is 0.168 e. The molecular weight excluding hydrogens is 230 g/mol. The standard InChI is InChI=1S/C12H25N5O/c1-5-6-13-11(4)12-14-15-16-17(12)7-8-18-9-10(2)3/h10-11,13H,5-9H2,1-4H3. The van der Waals surface area contributed by atoms with Crippen LogP contribution >= 0.6 is 0 Å². The Balaban J connectivity index is 2.39. The second-order valence-corrected chi connectivity index (χ2v) is 4.90. The number of ether oxygens (including phenoxy) is 1. The molecule has 0 aliphatic rings. The topological polar surface area (TPSA) is 64.9 Å². The molecule has 0 aromatic carbocycles. The van der Waals surface area contributed by atoms with Crippen LogP contribution in [0.2, 0.25) is 0 Å². The monoisotopic (exact) mass is 255 g/mol. The Morgan fingerprint density at radius 2 is 2.11 bits per heavy atom. The normalized spacial score (nSPS) is 13.2. The van der Waals surface area contributed by atoms with E-state index < -0.39 is 0 Å². The first-order valence-electron chi connectivity index (χ1n) is 6.72. The van der Waals surface area contributed by atoms with Crippen molar-refractivity contribution in [3.05, 3.63) is 5.82 Å². The molecule has 1 rings (SSSR count). The number of tetrazole rings is 1. The van der Waals surface area contributed by atoms with Crippen molar-refractivity contribution in [3.63, 3.8) is 0 Å². The molecule has 1 atom stereocenters. The van der Waals surface area contributed by atoms with Gasteiger partial charge in [0.25, 0.3) is 0 Å². The van der Waals surface area contributed by atoms with Crippen molar-refractivity contribution in [2.45, 2.75) is 46.7 Å². The third-order valence-electron chi connectivity index (χ3n) is 2.55. The summed E-state index contributed by atoms with van der Waals surface area (Å²) < 4.78 is 7.36. The summed E-state index contributed by atoms with van der Waals surface area (Å²) in [4.78, 5) is 0. The molecule has 1 unspecified atom stereocenters. The molecule has 0 aliphatic carbocycles. The second kappa shape index (κ2) is 8.16. The molecule has 0 saturated heterocycles. The van der Waals surface area contributed by atoms with Gasteiger partial charge in [-0.2, -0.15) is 0 Å². The molecule has 0 bridgehead atoms. The molecule has 0 amide bonds. The highest BCUT2D eigenvalue weighted by Gasteiger charge is 2.13. The second-order valence-electron chi connectivity index (χ2n) is 4.90. The number of aromatic nitrogens is 4. The van der Waals surface area contributed by atoms with Crippen LogP contribution in [0.4, 0.5) is 0 Å². The van der Waals surface area contributed by atoms with Gasteiger partial charge in [0.1, 0.15) is 0 Å². The van der Waals surface area contributed by atoms with E-state index in [-0.39, 0.29) is 6.04 Å². The molecule has 0 saturated carbocycles. The van der Waals surface area contributed by atoms with Crippen LogP contribution in [0.15, 0.2) is 0 Å². The van der Waals surface area contributed by atoms with E-state index in [1.54, 1.807) is 0 Å². The van der Waals surface area contributed by atoms with Gasteiger partial charge in [-0.1, -0.05) is 20.8 Å². The van der Waals surface area contributed by atoms with Gasteiger partial charge in [0, 0.05) is 6.61 Å². The summed E-state index contributed by atoms with van der Waals surface area (Å²) in [7, 11) is 0. The first-order valence-corrected chi connectivity index (χ1v) is 6.72. The molecule has 104 valence electrons. The van der Waals surface area contributed by atoms with Gasteiger partial charge < -0.3 is 10.1 Å². The fraction of sp³-hybridized carbons (Fsp3) is 0.917. The minimum atomic E-state index is 0.171. The van der Waals surface area contributed by atoms with Crippen molar-refractivity contribution in [2.75, 3.05) is 19.8 Å². The van der Waals surface area contributed by atoms with E-state index in [1.165, 1.54) is 0 Å². The quantitative estimate of drug-likeness (QED) is 0.676. The third-order valence-corrected chi connectivity index (χ3v) is 2.55. The van der Waals surface area contributed by atoms with Gasteiger partial charge in [-0.3, -0.25) is 0 Å². The average molecular weight is 255 g/mol. The van der Waals surface area contributed by atoms with Gasteiger partial charge in [-0.25, -0.2) is 4.68 Å². The van der Waals surface area contributed by atoms with E-state index in [9.17, 15) is 0 Å². The van der Waals surface area contributed by atoms with E-state index in [0.29, 0.717) is 19.1 Å². The summed E-state index contributed by atoms with van der Waals surface area (Å²) in [6.45, 7) is 11.6. The molecule has 6 nitrogen and oxygen atoms in total. The Kier molecular flexibility index (Phi) is 6.82. The highest BCUT2D eigenvalue weighted by Crippen LogP contribution is 2.07. The van der Waals surface area contributed by atoms with E-state index in [2.05, 4.69) is 48.5 Å². The maximum atomic E-state index is 5.55. The van der Waals surface area contributed by atoms with Crippen molar-refractivity contribution in [2.24, 2.45) is 5.92 Å². The zero-order chi connectivity index (χ0) is 13.4. The van der Waals surface area contributed by atoms with Gasteiger partial charge in [0.2, 0.25) is 0 Å². The lowest BCUT2D eigenvalue weighted by Gasteiger charge is -2.13.